The van der Waals surface area contributed by atoms with E-state index in [1.54, 1.807) is 36.4 Å². The van der Waals surface area contributed by atoms with Gasteiger partial charge in [-0.25, -0.2) is 0 Å². The molecule has 0 atom stereocenters. The van der Waals surface area contributed by atoms with E-state index in [9.17, 15) is 22.8 Å². The van der Waals surface area contributed by atoms with Crippen LogP contribution in [0.3, 0.4) is 0 Å². The summed E-state index contributed by atoms with van der Waals surface area (Å²) in [6.07, 6.45) is -3.78. The van der Waals surface area contributed by atoms with Gasteiger partial charge in [0.2, 0.25) is 5.91 Å². The fourth-order valence-corrected chi connectivity index (χ4v) is 3.14. The van der Waals surface area contributed by atoms with Crippen molar-refractivity contribution in [1.29, 1.82) is 0 Å². The summed E-state index contributed by atoms with van der Waals surface area (Å²) in [5, 5.41) is 5.92. The predicted molar refractivity (Wildman–Crippen MR) is 117 cm³/mol. The van der Waals surface area contributed by atoms with Gasteiger partial charge >= 0.3 is 6.18 Å². The molecule has 0 aromatic heterocycles. The van der Waals surface area contributed by atoms with E-state index in [2.05, 4.69) is 10.6 Å². The molecule has 0 radical (unpaired) electrons. The van der Waals surface area contributed by atoms with E-state index < -0.39 is 17.6 Å². The third-order valence-corrected chi connectivity index (χ3v) is 4.98. The van der Waals surface area contributed by atoms with Crippen molar-refractivity contribution in [3.8, 4) is 11.1 Å². The van der Waals surface area contributed by atoms with Crippen molar-refractivity contribution in [1.82, 2.24) is 10.6 Å². The molecule has 0 aliphatic heterocycles. The minimum atomic E-state index is -4.41. The lowest BCUT2D eigenvalue weighted by molar-refractivity contribution is -0.137. The highest BCUT2D eigenvalue weighted by Gasteiger charge is 2.29. The molecular formula is C24H20ClF3N2O2. The molecule has 2 amide bonds. The van der Waals surface area contributed by atoms with E-state index in [4.69, 9.17) is 11.6 Å². The number of hydrogen-bond acceptors (Lipinski definition) is 2. The average Bonchev–Trinajstić information content (AvgIpc) is 2.78. The number of hydrogen-bond donors (Lipinski definition) is 2. The van der Waals surface area contributed by atoms with Gasteiger partial charge in [0.1, 0.15) is 0 Å². The molecule has 3 aromatic carbocycles. The molecule has 0 saturated carbocycles. The normalized spacial score (nSPS) is 11.1. The van der Waals surface area contributed by atoms with Crippen LogP contribution in [0, 0.1) is 0 Å². The summed E-state index contributed by atoms with van der Waals surface area (Å²) in [7, 11) is 0. The Morgan fingerprint density at radius 1 is 0.844 bits per heavy atom. The third kappa shape index (κ3) is 6.59. The summed E-state index contributed by atoms with van der Waals surface area (Å²) in [6.45, 7) is 0.226. The number of amides is 2. The topological polar surface area (TPSA) is 58.2 Å². The Hall–Kier alpha value is -3.32. The maximum absolute atomic E-state index is 12.7. The molecule has 8 heteroatoms. The minimum Gasteiger partial charge on any atom is -0.354 e. The minimum absolute atomic E-state index is 0.191. The number of nitrogens with one attached hydrogen (secondary N) is 2. The molecule has 0 aliphatic rings. The number of benzene rings is 3. The highest BCUT2D eigenvalue weighted by molar-refractivity contribution is 6.30. The third-order valence-electron chi connectivity index (χ3n) is 4.73. The fraction of sp³-hybridized carbons (Fsp3) is 0.167. The van der Waals surface area contributed by atoms with Crippen LogP contribution in [0.5, 0.6) is 0 Å². The molecule has 2 N–H and O–H groups in total. The first-order chi connectivity index (χ1) is 15.2. The van der Waals surface area contributed by atoms with E-state index in [-0.39, 0.29) is 12.5 Å². The van der Waals surface area contributed by atoms with Gasteiger partial charge in [-0.05, 0) is 59.5 Å². The first kappa shape index (κ1) is 23.3. The standard InChI is InChI=1S/C24H20ClF3N2O2/c25-21-10-4-16(5-11-21)12-13-29-22(31)15-30-23(32)19-3-1-2-18(14-19)17-6-8-20(9-7-17)24(26,27)28/h1-11,14H,12-13,15H2,(H,29,31)(H,30,32). The average molecular weight is 461 g/mol. The first-order valence-corrected chi connectivity index (χ1v) is 10.2. The maximum atomic E-state index is 12.7. The van der Waals surface area contributed by atoms with Crippen molar-refractivity contribution in [3.63, 3.8) is 0 Å². The summed E-state index contributed by atoms with van der Waals surface area (Å²) < 4.78 is 38.2. The fourth-order valence-electron chi connectivity index (χ4n) is 3.01. The Bertz CT molecular complexity index is 1080. The summed E-state index contributed by atoms with van der Waals surface area (Å²) in [4.78, 5) is 24.4. The number of rotatable bonds is 7. The van der Waals surface area contributed by atoms with Gasteiger partial charge in [0.25, 0.3) is 5.91 Å². The van der Waals surface area contributed by atoms with Crippen LogP contribution in [0.4, 0.5) is 13.2 Å². The summed E-state index contributed by atoms with van der Waals surface area (Å²) in [5.74, 6) is -0.780. The zero-order valence-corrected chi connectivity index (χ0v) is 17.6. The predicted octanol–water partition coefficient (Wildman–Crippen LogP) is 5.11. The summed E-state index contributed by atoms with van der Waals surface area (Å²) in [6, 6.07) is 18.5. The van der Waals surface area contributed by atoms with Crippen LogP contribution in [0.25, 0.3) is 11.1 Å². The van der Waals surface area contributed by atoms with Gasteiger partial charge < -0.3 is 10.6 Å². The van der Waals surface area contributed by atoms with Crippen LogP contribution >= 0.6 is 11.6 Å². The molecule has 0 bridgehead atoms. The molecule has 0 fully saturated rings. The molecular weight excluding hydrogens is 441 g/mol. The highest BCUT2D eigenvalue weighted by atomic mass is 35.5. The summed E-state index contributed by atoms with van der Waals surface area (Å²) >= 11 is 5.83. The quantitative estimate of drug-likeness (QED) is 0.514. The van der Waals surface area contributed by atoms with Crippen molar-refractivity contribution >= 4 is 23.4 Å². The zero-order valence-electron chi connectivity index (χ0n) is 16.9. The molecule has 0 spiro atoms. The van der Waals surface area contributed by atoms with Crippen molar-refractivity contribution in [3.05, 3.63) is 94.5 Å². The molecule has 0 aliphatic carbocycles. The van der Waals surface area contributed by atoms with Gasteiger partial charge in [0, 0.05) is 17.1 Å². The van der Waals surface area contributed by atoms with Gasteiger partial charge in [-0.15, -0.1) is 0 Å². The van der Waals surface area contributed by atoms with E-state index in [0.717, 1.165) is 17.7 Å². The molecule has 3 aromatic rings. The second-order valence-corrected chi connectivity index (χ2v) is 7.50. The first-order valence-electron chi connectivity index (χ1n) is 9.79. The van der Waals surface area contributed by atoms with Crippen LogP contribution in [-0.2, 0) is 17.4 Å². The van der Waals surface area contributed by atoms with E-state index in [1.807, 2.05) is 12.1 Å². The van der Waals surface area contributed by atoms with Crippen molar-refractivity contribution in [2.24, 2.45) is 0 Å². The SMILES string of the molecule is O=C(CNC(=O)c1cccc(-c2ccc(C(F)(F)F)cc2)c1)NCCc1ccc(Cl)cc1. The number of carbonyl (C=O) groups excluding carboxylic acids is 2. The second kappa shape index (κ2) is 10.3. The number of halogens is 4. The van der Waals surface area contributed by atoms with Crippen LogP contribution in [0.2, 0.25) is 5.02 Å². The lowest BCUT2D eigenvalue weighted by Crippen LogP contribution is -2.37. The van der Waals surface area contributed by atoms with Crippen LogP contribution in [0.1, 0.15) is 21.5 Å². The Morgan fingerprint density at radius 2 is 1.53 bits per heavy atom. The van der Waals surface area contributed by atoms with Crippen LogP contribution in [0.15, 0.2) is 72.8 Å². The van der Waals surface area contributed by atoms with E-state index >= 15 is 0 Å². The van der Waals surface area contributed by atoms with Crippen molar-refractivity contribution < 1.29 is 22.8 Å². The Kier molecular flexibility index (Phi) is 7.53. The summed E-state index contributed by atoms with van der Waals surface area (Å²) in [5.41, 5.74) is 1.73. The van der Waals surface area contributed by atoms with E-state index in [1.165, 1.54) is 12.1 Å². The lowest BCUT2D eigenvalue weighted by Gasteiger charge is -2.10. The molecule has 4 nitrogen and oxygen atoms in total. The molecule has 0 heterocycles. The molecule has 3 rings (SSSR count). The monoisotopic (exact) mass is 460 g/mol. The Morgan fingerprint density at radius 3 is 2.19 bits per heavy atom. The van der Waals surface area contributed by atoms with E-state index in [0.29, 0.717) is 34.7 Å². The van der Waals surface area contributed by atoms with Crippen molar-refractivity contribution in [2.45, 2.75) is 12.6 Å². The van der Waals surface area contributed by atoms with Gasteiger partial charge in [-0.3, -0.25) is 9.59 Å². The molecule has 32 heavy (non-hydrogen) atoms. The van der Waals surface area contributed by atoms with Crippen LogP contribution in [-0.4, -0.2) is 24.9 Å². The van der Waals surface area contributed by atoms with Gasteiger partial charge in [-0.1, -0.05) is 48.0 Å². The van der Waals surface area contributed by atoms with Crippen LogP contribution < -0.4 is 10.6 Å². The number of carbonyl (C=O) groups is 2. The van der Waals surface area contributed by atoms with Gasteiger partial charge in [0.05, 0.1) is 12.1 Å². The Labute approximate surface area is 188 Å². The van der Waals surface area contributed by atoms with Gasteiger partial charge in [0.15, 0.2) is 0 Å². The lowest BCUT2D eigenvalue weighted by atomic mass is 10.0. The molecule has 0 unspecified atom stereocenters. The second-order valence-electron chi connectivity index (χ2n) is 7.07. The molecule has 0 saturated heterocycles. The smallest absolute Gasteiger partial charge is 0.354 e. The van der Waals surface area contributed by atoms with Gasteiger partial charge in [-0.2, -0.15) is 13.2 Å². The molecule has 166 valence electrons. The highest BCUT2D eigenvalue weighted by Crippen LogP contribution is 2.31. The maximum Gasteiger partial charge on any atom is 0.416 e. The Balaban J connectivity index is 1.52. The largest absolute Gasteiger partial charge is 0.416 e. The number of alkyl halides is 3. The zero-order chi connectivity index (χ0) is 23.1. The van der Waals surface area contributed by atoms with Crippen molar-refractivity contribution in [2.75, 3.05) is 13.1 Å².